The van der Waals surface area contributed by atoms with E-state index in [2.05, 4.69) is 0 Å². The van der Waals surface area contributed by atoms with Gasteiger partial charge in [0.25, 0.3) is 0 Å². The molecule has 0 atom stereocenters. The van der Waals surface area contributed by atoms with Crippen LogP contribution in [0.4, 0.5) is 4.39 Å². The molecule has 0 bridgehead atoms. The molecule has 0 aliphatic heterocycles. The number of halogens is 2. The second kappa shape index (κ2) is 4.38. The Balaban J connectivity index is 2.98. The predicted molar refractivity (Wildman–Crippen MR) is 50.5 cm³/mol. The average Bonchev–Trinajstić information content (AvgIpc) is 2.09. The maximum Gasteiger partial charge on any atom is 0.144 e. The summed E-state index contributed by atoms with van der Waals surface area (Å²) < 4.78 is 13.3. The maximum absolute atomic E-state index is 13.3. The Morgan fingerprint density at radius 2 is 2.23 bits per heavy atom. The smallest absolute Gasteiger partial charge is 0.144 e. The number of aldehydes is 1. The summed E-state index contributed by atoms with van der Waals surface area (Å²) in [5.74, 6) is -0.408. The van der Waals surface area contributed by atoms with E-state index >= 15 is 0 Å². The molecule has 13 heavy (non-hydrogen) atoms. The van der Waals surface area contributed by atoms with Gasteiger partial charge in [0.2, 0.25) is 0 Å². The van der Waals surface area contributed by atoms with E-state index in [4.69, 9.17) is 11.6 Å². The van der Waals surface area contributed by atoms with Crippen molar-refractivity contribution >= 4 is 17.9 Å². The van der Waals surface area contributed by atoms with Gasteiger partial charge in [-0.3, -0.25) is 0 Å². The van der Waals surface area contributed by atoms with Crippen molar-refractivity contribution in [3.8, 4) is 0 Å². The maximum atomic E-state index is 13.3. The van der Waals surface area contributed by atoms with Crippen LogP contribution in [0.3, 0.4) is 0 Å². The summed E-state index contributed by atoms with van der Waals surface area (Å²) >= 11 is 5.63. The molecule has 0 aliphatic rings. The van der Waals surface area contributed by atoms with Crippen LogP contribution >= 0.6 is 11.6 Å². The van der Waals surface area contributed by atoms with E-state index < -0.39 is 5.82 Å². The molecule has 1 rings (SSSR count). The van der Waals surface area contributed by atoms with Crippen molar-refractivity contribution in [3.63, 3.8) is 0 Å². The Morgan fingerprint density at radius 1 is 1.54 bits per heavy atom. The van der Waals surface area contributed by atoms with Crippen molar-refractivity contribution < 1.29 is 9.18 Å². The minimum atomic E-state index is -0.408. The van der Waals surface area contributed by atoms with Crippen molar-refractivity contribution in [1.82, 2.24) is 0 Å². The summed E-state index contributed by atoms with van der Waals surface area (Å²) in [6.45, 7) is 1.84. The Kier molecular flexibility index (Phi) is 3.43. The number of rotatable bonds is 3. The topological polar surface area (TPSA) is 17.1 Å². The molecular weight excluding hydrogens is 191 g/mol. The van der Waals surface area contributed by atoms with Gasteiger partial charge >= 0.3 is 0 Å². The van der Waals surface area contributed by atoms with E-state index in [1.807, 2.05) is 6.92 Å². The Morgan fingerprint density at radius 3 is 2.85 bits per heavy atom. The van der Waals surface area contributed by atoms with Crippen molar-refractivity contribution in [1.29, 1.82) is 0 Å². The first kappa shape index (κ1) is 10.2. The summed E-state index contributed by atoms with van der Waals surface area (Å²) in [5, 5.41) is 0.126. The minimum Gasteiger partial charge on any atom is -0.303 e. The largest absolute Gasteiger partial charge is 0.303 e. The van der Waals surface area contributed by atoms with Gasteiger partial charge < -0.3 is 4.79 Å². The fraction of sp³-hybridized carbons (Fsp3) is 0.300. The van der Waals surface area contributed by atoms with Gasteiger partial charge in [-0.1, -0.05) is 17.7 Å². The third kappa shape index (κ3) is 2.52. The summed E-state index contributed by atoms with van der Waals surface area (Å²) in [4.78, 5) is 10.1. The van der Waals surface area contributed by atoms with E-state index in [1.54, 1.807) is 12.1 Å². The Labute approximate surface area is 81.5 Å². The molecule has 0 saturated heterocycles. The lowest BCUT2D eigenvalue weighted by molar-refractivity contribution is -0.107. The minimum absolute atomic E-state index is 0.126. The second-order valence-corrected chi connectivity index (χ2v) is 3.33. The van der Waals surface area contributed by atoms with Crippen LogP contribution in [0.15, 0.2) is 12.1 Å². The summed E-state index contributed by atoms with van der Waals surface area (Å²) in [5.41, 5.74) is 1.42. The number of hydrogen-bond acceptors (Lipinski definition) is 1. The lowest BCUT2D eigenvalue weighted by Gasteiger charge is -2.04. The van der Waals surface area contributed by atoms with E-state index in [0.29, 0.717) is 18.4 Å². The predicted octanol–water partition coefficient (Wildman–Crippen LogP) is 2.92. The lowest BCUT2D eigenvalue weighted by atomic mass is 10.1. The first-order valence-corrected chi connectivity index (χ1v) is 4.41. The fourth-order valence-corrected chi connectivity index (χ4v) is 1.49. The molecule has 0 unspecified atom stereocenters. The van der Waals surface area contributed by atoms with E-state index in [1.165, 1.54) is 0 Å². The number of carbonyl (C=O) groups excluding carboxylic acids is 1. The molecule has 0 aliphatic carbocycles. The summed E-state index contributed by atoms with van der Waals surface area (Å²) in [7, 11) is 0. The van der Waals surface area contributed by atoms with Crippen LogP contribution in [-0.2, 0) is 11.2 Å². The van der Waals surface area contributed by atoms with Crippen LogP contribution in [0.1, 0.15) is 17.5 Å². The third-order valence-electron chi connectivity index (χ3n) is 1.78. The van der Waals surface area contributed by atoms with Gasteiger partial charge in [0, 0.05) is 6.42 Å². The van der Waals surface area contributed by atoms with Crippen molar-refractivity contribution in [2.24, 2.45) is 0 Å². The van der Waals surface area contributed by atoms with Crippen LogP contribution in [0.5, 0.6) is 0 Å². The normalized spacial score (nSPS) is 10.1. The molecule has 3 heteroatoms. The monoisotopic (exact) mass is 200 g/mol. The molecule has 0 radical (unpaired) electrons. The van der Waals surface area contributed by atoms with Gasteiger partial charge in [-0.15, -0.1) is 0 Å². The van der Waals surface area contributed by atoms with Crippen molar-refractivity contribution in [2.75, 3.05) is 0 Å². The van der Waals surface area contributed by atoms with Gasteiger partial charge in [-0.2, -0.15) is 0 Å². The zero-order valence-electron chi connectivity index (χ0n) is 7.31. The van der Waals surface area contributed by atoms with E-state index in [9.17, 15) is 9.18 Å². The summed E-state index contributed by atoms with van der Waals surface area (Å²) in [6.07, 6.45) is 1.52. The third-order valence-corrected chi connectivity index (χ3v) is 2.05. The number of aryl methyl sites for hydroxylation is 2. The summed E-state index contributed by atoms with van der Waals surface area (Å²) in [6, 6.07) is 3.28. The van der Waals surface area contributed by atoms with Crippen LogP contribution < -0.4 is 0 Å². The highest BCUT2D eigenvalue weighted by Gasteiger charge is 2.06. The molecule has 70 valence electrons. The number of carbonyl (C=O) groups is 1. The first-order valence-electron chi connectivity index (χ1n) is 4.03. The molecule has 0 saturated carbocycles. The van der Waals surface area contributed by atoms with Crippen LogP contribution in [-0.4, -0.2) is 6.29 Å². The number of hydrogen-bond donors (Lipinski definition) is 0. The SMILES string of the molecule is Cc1cc(Cl)c(F)c(CCC=O)c1. The highest BCUT2D eigenvalue weighted by Crippen LogP contribution is 2.21. The Bertz CT molecular complexity index is 323. The standard InChI is InChI=1S/C10H10ClFO/c1-7-5-8(3-2-4-13)10(12)9(11)6-7/h4-6H,2-3H2,1H3. The molecule has 0 amide bonds. The Hall–Kier alpha value is -0.890. The van der Waals surface area contributed by atoms with Gasteiger partial charge in [0.15, 0.2) is 0 Å². The average molecular weight is 201 g/mol. The number of benzene rings is 1. The van der Waals surface area contributed by atoms with Crippen LogP contribution in [0.25, 0.3) is 0 Å². The molecule has 0 heterocycles. The highest BCUT2D eigenvalue weighted by atomic mass is 35.5. The molecule has 0 fully saturated rings. The van der Waals surface area contributed by atoms with Gasteiger partial charge in [-0.25, -0.2) is 4.39 Å². The quantitative estimate of drug-likeness (QED) is 0.686. The van der Waals surface area contributed by atoms with Crippen molar-refractivity contribution in [2.45, 2.75) is 19.8 Å². The zero-order valence-corrected chi connectivity index (χ0v) is 8.07. The first-order chi connectivity index (χ1) is 6.15. The van der Waals surface area contributed by atoms with Gasteiger partial charge in [0.05, 0.1) is 5.02 Å². The van der Waals surface area contributed by atoms with Gasteiger partial charge in [-0.05, 0) is 30.5 Å². The molecule has 0 spiro atoms. The molecular formula is C10H10ClFO. The lowest BCUT2D eigenvalue weighted by Crippen LogP contribution is -1.93. The molecule has 0 aromatic heterocycles. The van der Waals surface area contributed by atoms with Crippen molar-refractivity contribution in [3.05, 3.63) is 34.1 Å². The molecule has 1 aromatic rings. The zero-order chi connectivity index (χ0) is 9.84. The molecule has 1 nitrogen and oxygen atoms in total. The second-order valence-electron chi connectivity index (χ2n) is 2.93. The van der Waals surface area contributed by atoms with Crippen LogP contribution in [0, 0.1) is 12.7 Å². The van der Waals surface area contributed by atoms with Crippen LogP contribution in [0.2, 0.25) is 5.02 Å². The molecule has 1 aromatic carbocycles. The van der Waals surface area contributed by atoms with E-state index in [-0.39, 0.29) is 5.02 Å². The van der Waals surface area contributed by atoms with Gasteiger partial charge in [0.1, 0.15) is 12.1 Å². The highest BCUT2D eigenvalue weighted by molar-refractivity contribution is 6.30. The molecule has 0 N–H and O–H groups in total. The van der Waals surface area contributed by atoms with E-state index in [0.717, 1.165) is 11.8 Å². The fourth-order valence-electron chi connectivity index (χ4n) is 1.19.